The van der Waals surface area contributed by atoms with Gasteiger partial charge in [0.25, 0.3) is 11.8 Å². The molecule has 0 atom stereocenters. The highest BCUT2D eigenvalue weighted by atomic mass is 19.4. The van der Waals surface area contributed by atoms with E-state index >= 15 is 0 Å². The van der Waals surface area contributed by atoms with Crippen LogP contribution in [0.2, 0.25) is 0 Å². The van der Waals surface area contributed by atoms with E-state index in [9.17, 15) is 35.9 Å². The molecule has 2 saturated heterocycles. The van der Waals surface area contributed by atoms with Gasteiger partial charge in [0, 0.05) is 26.2 Å². The number of benzene rings is 2. The molecule has 4 rings (SSSR count). The topological polar surface area (TPSA) is 40.6 Å². The van der Waals surface area contributed by atoms with Crippen molar-refractivity contribution in [2.45, 2.75) is 18.8 Å². The lowest BCUT2D eigenvalue weighted by Crippen LogP contribution is -2.55. The van der Waals surface area contributed by atoms with Crippen molar-refractivity contribution < 1.29 is 35.9 Å². The lowest BCUT2D eigenvalue weighted by Gasteiger charge is -2.46. The largest absolute Gasteiger partial charge is 0.417 e. The van der Waals surface area contributed by atoms with E-state index in [1.807, 2.05) is 0 Å². The Morgan fingerprint density at radius 1 is 0.636 bits per heavy atom. The molecule has 2 aromatic carbocycles. The number of alkyl halides is 6. The number of likely N-dealkylation sites (tertiary alicyclic amines) is 2. The second-order valence-electron chi connectivity index (χ2n) is 8.47. The molecule has 0 N–H and O–H groups in total. The van der Waals surface area contributed by atoms with Crippen LogP contribution in [0.3, 0.4) is 0 Å². The Morgan fingerprint density at radius 3 is 1.30 bits per heavy atom. The van der Waals surface area contributed by atoms with E-state index in [-0.39, 0.29) is 38.0 Å². The number of piperidine rings is 2. The van der Waals surface area contributed by atoms with Crippen LogP contribution in [0, 0.1) is 11.8 Å². The summed E-state index contributed by atoms with van der Waals surface area (Å²) in [6.07, 6.45) is -8.70. The third-order valence-electron chi connectivity index (χ3n) is 6.08. The van der Waals surface area contributed by atoms with Crippen LogP contribution in [-0.2, 0) is 12.4 Å². The summed E-state index contributed by atoms with van der Waals surface area (Å²) >= 11 is 0. The highest BCUT2D eigenvalue weighted by molar-refractivity contribution is 5.97. The van der Waals surface area contributed by atoms with E-state index in [1.54, 1.807) is 0 Å². The molecule has 2 bridgehead atoms. The average Bonchev–Trinajstić information content (AvgIpc) is 2.76. The predicted molar refractivity (Wildman–Crippen MR) is 106 cm³/mol. The van der Waals surface area contributed by atoms with Gasteiger partial charge in [-0.2, -0.15) is 26.3 Å². The van der Waals surface area contributed by atoms with Crippen LogP contribution in [0.1, 0.15) is 38.3 Å². The molecule has 2 aliphatic heterocycles. The standard InChI is InChI=1S/C23H20F6N2O2/c24-22(25,26)18-7-3-1-5-16(18)20(32)30-10-14-9-15(11-30)13-31(12-14)21(33)17-6-2-4-8-19(17)23(27,28)29/h1-8,14-15H,9-13H2. The molecule has 0 unspecified atom stereocenters. The van der Waals surface area contributed by atoms with Crippen LogP contribution in [0.15, 0.2) is 48.5 Å². The van der Waals surface area contributed by atoms with Gasteiger partial charge in [-0.25, -0.2) is 0 Å². The molecule has 176 valence electrons. The molecule has 2 aliphatic rings. The van der Waals surface area contributed by atoms with Gasteiger partial charge in [-0.1, -0.05) is 24.3 Å². The molecule has 0 saturated carbocycles. The van der Waals surface area contributed by atoms with Crippen molar-refractivity contribution in [2.24, 2.45) is 11.8 Å². The maximum absolute atomic E-state index is 13.3. The number of hydrogen-bond donors (Lipinski definition) is 0. The molecule has 2 heterocycles. The first kappa shape index (κ1) is 23.1. The summed E-state index contributed by atoms with van der Waals surface area (Å²) in [5.74, 6) is -1.94. The van der Waals surface area contributed by atoms with Gasteiger partial charge in [0.1, 0.15) is 0 Å². The zero-order valence-electron chi connectivity index (χ0n) is 17.3. The highest BCUT2D eigenvalue weighted by Gasteiger charge is 2.42. The number of carbonyl (C=O) groups is 2. The summed E-state index contributed by atoms with van der Waals surface area (Å²) in [7, 11) is 0. The molecular weight excluding hydrogens is 450 g/mol. The molecule has 33 heavy (non-hydrogen) atoms. The Kier molecular flexibility index (Phi) is 5.88. The quantitative estimate of drug-likeness (QED) is 0.583. The third-order valence-corrected chi connectivity index (χ3v) is 6.08. The van der Waals surface area contributed by atoms with Crippen molar-refractivity contribution in [3.8, 4) is 0 Å². The minimum atomic E-state index is -4.67. The molecule has 0 radical (unpaired) electrons. The molecule has 0 spiro atoms. The van der Waals surface area contributed by atoms with Crippen LogP contribution in [-0.4, -0.2) is 47.8 Å². The minimum Gasteiger partial charge on any atom is -0.338 e. The second-order valence-corrected chi connectivity index (χ2v) is 8.47. The van der Waals surface area contributed by atoms with E-state index in [0.29, 0.717) is 6.42 Å². The van der Waals surface area contributed by atoms with Crippen LogP contribution in [0.4, 0.5) is 26.3 Å². The van der Waals surface area contributed by atoms with Gasteiger partial charge in [0.2, 0.25) is 0 Å². The fraction of sp³-hybridized carbons (Fsp3) is 0.391. The van der Waals surface area contributed by atoms with Crippen molar-refractivity contribution >= 4 is 11.8 Å². The summed E-state index contributed by atoms with van der Waals surface area (Å²) < 4.78 is 80.0. The van der Waals surface area contributed by atoms with Gasteiger partial charge in [-0.05, 0) is 42.5 Å². The molecule has 0 aliphatic carbocycles. The van der Waals surface area contributed by atoms with Gasteiger partial charge >= 0.3 is 12.4 Å². The highest BCUT2D eigenvalue weighted by Crippen LogP contribution is 2.36. The SMILES string of the molecule is O=C(c1ccccc1C(F)(F)F)N1CC2CC(C1)CN(C(=O)c1ccccc1C(F)(F)F)C2. The fourth-order valence-corrected chi connectivity index (χ4v) is 4.79. The van der Waals surface area contributed by atoms with E-state index in [4.69, 9.17) is 0 Å². The number of amides is 2. The first-order valence-electron chi connectivity index (χ1n) is 10.4. The summed E-state index contributed by atoms with van der Waals surface area (Å²) in [5, 5.41) is 0. The molecule has 2 aromatic rings. The van der Waals surface area contributed by atoms with Crippen molar-refractivity contribution in [1.82, 2.24) is 9.80 Å². The summed E-state index contributed by atoms with van der Waals surface area (Å²) in [4.78, 5) is 28.5. The monoisotopic (exact) mass is 470 g/mol. The smallest absolute Gasteiger partial charge is 0.338 e. The summed E-state index contributed by atoms with van der Waals surface area (Å²) in [5.41, 5.74) is -2.88. The zero-order valence-corrected chi connectivity index (χ0v) is 17.3. The maximum atomic E-state index is 13.3. The number of hydrogen-bond acceptors (Lipinski definition) is 2. The predicted octanol–water partition coefficient (Wildman–Crippen LogP) is 4.96. The Bertz CT molecular complexity index is 970. The fourth-order valence-electron chi connectivity index (χ4n) is 4.79. The van der Waals surface area contributed by atoms with Gasteiger partial charge in [-0.15, -0.1) is 0 Å². The Balaban J connectivity index is 1.51. The van der Waals surface area contributed by atoms with Crippen LogP contribution < -0.4 is 0 Å². The first-order chi connectivity index (χ1) is 15.4. The zero-order chi connectivity index (χ0) is 24.0. The van der Waals surface area contributed by atoms with Crippen LogP contribution >= 0.6 is 0 Å². The normalized spacial score (nSPS) is 21.2. The minimum absolute atomic E-state index is 0.131. The number of rotatable bonds is 2. The molecule has 2 fully saturated rings. The lowest BCUT2D eigenvalue weighted by atomic mass is 9.84. The first-order valence-corrected chi connectivity index (χ1v) is 10.4. The molecule has 4 nitrogen and oxygen atoms in total. The lowest BCUT2D eigenvalue weighted by molar-refractivity contribution is -0.138. The van der Waals surface area contributed by atoms with E-state index in [2.05, 4.69) is 0 Å². The summed E-state index contributed by atoms with van der Waals surface area (Å²) in [6.45, 7) is 0.525. The summed E-state index contributed by atoms with van der Waals surface area (Å²) in [6, 6.07) is 9.16. The van der Waals surface area contributed by atoms with Crippen molar-refractivity contribution in [3.05, 3.63) is 70.8 Å². The van der Waals surface area contributed by atoms with Gasteiger partial charge in [0.15, 0.2) is 0 Å². The van der Waals surface area contributed by atoms with Crippen molar-refractivity contribution in [3.63, 3.8) is 0 Å². The molecule has 2 amide bonds. The Labute approximate surface area is 185 Å². The Hall–Kier alpha value is -3.04. The van der Waals surface area contributed by atoms with E-state index in [1.165, 1.54) is 34.1 Å². The number of fused-ring (bicyclic) bond motifs is 2. The average molecular weight is 470 g/mol. The van der Waals surface area contributed by atoms with Gasteiger partial charge in [-0.3, -0.25) is 9.59 Å². The number of nitrogens with zero attached hydrogens (tertiary/aromatic N) is 2. The Morgan fingerprint density at radius 2 is 0.970 bits per heavy atom. The van der Waals surface area contributed by atoms with Crippen molar-refractivity contribution in [2.75, 3.05) is 26.2 Å². The van der Waals surface area contributed by atoms with E-state index < -0.39 is 46.4 Å². The number of halogens is 6. The van der Waals surface area contributed by atoms with E-state index in [0.717, 1.165) is 24.3 Å². The van der Waals surface area contributed by atoms with Crippen LogP contribution in [0.5, 0.6) is 0 Å². The molecular formula is C23H20F6N2O2. The number of carbonyl (C=O) groups excluding carboxylic acids is 2. The maximum Gasteiger partial charge on any atom is 0.417 e. The molecule has 10 heteroatoms. The van der Waals surface area contributed by atoms with Gasteiger partial charge in [0.05, 0.1) is 22.3 Å². The third kappa shape index (κ3) is 4.69. The van der Waals surface area contributed by atoms with Crippen molar-refractivity contribution in [1.29, 1.82) is 0 Å². The van der Waals surface area contributed by atoms with Gasteiger partial charge < -0.3 is 9.80 Å². The molecule has 0 aromatic heterocycles. The second kappa shape index (κ2) is 8.39. The van der Waals surface area contributed by atoms with Crippen LogP contribution in [0.25, 0.3) is 0 Å².